The second-order valence-electron chi connectivity index (χ2n) is 5.79. The van der Waals surface area contributed by atoms with Crippen molar-refractivity contribution < 1.29 is 0 Å². The van der Waals surface area contributed by atoms with Crippen molar-refractivity contribution in [2.45, 2.75) is 57.5 Å². The van der Waals surface area contributed by atoms with Gasteiger partial charge in [0.1, 0.15) is 0 Å². The Labute approximate surface area is 116 Å². The molecule has 0 bridgehead atoms. The van der Waals surface area contributed by atoms with Crippen LogP contribution in [0.5, 0.6) is 0 Å². The highest BCUT2D eigenvalue weighted by atomic mass is 15.4. The van der Waals surface area contributed by atoms with Crippen LogP contribution in [0.15, 0.2) is 6.20 Å². The van der Waals surface area contributed by atoms with E-state index in [0.717, 1.165) is 31.7 Å². The summed E-state index contributed by atoms with van der Waals surface area (Å²) in [5.41, 5.74) is 7.38. The number of rotatable bonds is 6. The van der Waals surface area contributed by atoms with Crippen LogP contribution >= 0.6 is 0 Å². The van der Waals surface area contributed by atoms with Crippen LogP contribution in [-0.4, -0.2) is 38.5 Å². The molecule has 0 spiro atoms. The Morgan fingerprint density at radius 3 is 2.63 bits per heavy atom. The van der Waals surface area contributed by atoms with Gasteiger partial charge in [-0.3, -0.25) is 9.58 Å². The molecule has 0 amide bonds. The fourth-order valence-corrected chi connectivity index (χ4v) is 3.28. The number of aryl methyl sites for hydroxylation is 1. The Morgan fingerprint density at radius 2 is 2.11 bits per heavy atom. The Morgan fingerprint density at radius 1 is 1.37 bits per heavy atom. The highest BCUT2D eigenvalue weighted by molar-refractivity contribution is 4.99. The van der Waals surface area contributed by atoms with Crippen LogP contribution in [0.1, 0.15) is 51.1 Å². The van der Waals surface area contributed by atoms with Crippen molar-refractivity contribution in [2.75, 3.05) is 13.1 Å². The number of nitrogens with two attached hydrogens (primary N) is 1. The predicted octanol–water partition coefficient (Wildman–Crippen LogP) is 1.69. The van der Waals surface area contributed by atoms with Gasteiger partial charge in [-0.15, -0.1) is 5.10 Å². The van der Waals surface area contributed by atoms with Crippen LogP contribution in [0.25, 0.3) is 0 Å². The van der Waals surface area contributed by atoms with Gasteiger partial charge in [-0.1, -0.05) is 31.4 Å². The molecule has 0 atom stereocenters. The average Bonchev–Trinajstić information content (AvgIpc) is 2.84. The number of nitrogens with zero attached hydrogens (tertiary/aromatic N) is 4. The second kappa shape index (κ2) is 6.48. The largest absolute Gasteiger partial charge is 0.329 e. The first-order chi connectivity index (χ1) is 9.20. The summed E-state index contributed by atoms with van der Waals surface area (Å²) in [7, 11) is 1.92. The molecule has 1 aliphatic carbocycles. The molecule has 1 heterocycles. The van der Waals surface area contributed by atoms with Gasteiger partial charge in [0.25, 0.3) is 0 Å². The maximum atomic E-state index is 6.15. The van der Waals surface area contributed by atoms with Gasteiger partial charge in [-0.25, -0.2) is 0 Å². The normalized spacial score (nSPS) is 18.9. The Kier molecular flexibility index (Phi) is 4.93. The third-order valence-electron chi connectivity index (χ3n) is 4.33. The standard InChI is InChI=1S/C14H27N5/c1-3-9-19(11-13-10-18(2)17-16-13)14(12-15)7-5-4-6-8-14/h10H,3-9,11-12,15H2,1-2H3. The van der Waals surface area contributed by atoms with Crippen LogP contribution in [-0.2, 0) is 13.6 Å². The van der Waals surface area contributed by atoms with E-state index in [9.17, 15) is 0 Å². The Bertz CT molecular complexity index is 381. The minimum Gasteiger partial charge on any atom is -0.329 e. The molecule has 5 heteroatoms. The molecule has 19 heavy (non-hydrogen) atoms. The molecule has 2 N–H and O–H groups in total. The van der Waals surface area contributed by atoms with Crippen molar-refractivity contribution in [1.29, 1.82) is 0 Å². The quantitative estimate of drug-likeness (QED) is 0.850. The molecule has 5 nitrogen and oxygen atoms in total. The molecule has 1 saturated carbocycles. The van der Waals surface area contributed by atoms with E-state index < -0.39 is 0 Å². The third kappa shape index (κ3) is 3.34. The van der Waals surface area contributed by atoms with E-state index in [2.05, 4.69) is 22.1 Å². The van der Waals surface area contributed by atoms with Gasteiger partial charge in [0.05, 0.1) is 5.69 Å². The summed E-state index contributed by atoms with van der Waals surface area (Å²) < 4.78 is 1.77. The van der Waals surface area contributed by atoms with Gasteiger partial charge in [0.2, 0.25) is 0 Å². The first-order valence-corrected chi connectivity index (χ1v) is 7.50. The highest BCUT2D eigenvalue weighted by Crippen LogP contribution is 2.33. The maximum Gasteiger partial charge on any atom is 0.0967 e. The SMILES string of the molecule is CCCN(Cc1cn(C)nn1)C1(CN)CCCCC1. The number of hydrogen-bond donors (Lipinski definition) is 1. The van der Waals surface area contributed by atoms with Gasteiger partial charge >= 0.3 is 0 Å². The minimum absolute atomic E-state index is 0.186. The van der Waals surface area contributed by atoms with E-state index in [-0.39, 0.29) is 5.54 Å². The molecule has 0 aliphatic heterocycles. The summed E-state index contributed by atoms with van der Waals surface area (Å²) in [5.74, 6) is 0. The molecule has 0 aromatic carbocycles. The summed E-state index contributed by atoms with van der Waals surface area (Å²) in [4.78, 5) is 2.55. The van der Waals surface area contributed by atoms with Crippen molar-refractivity contribution in [3.63, 3.8) is 0 Å². The minimum atomic E-state index is 0.186. The molecular formula is C14H27N5. The first kappa shape index (κ1) is 14.5. The first-order valence-electron chi connectivity index (χ1n) is 7.50. The maximum absolute atomic E-state index is 6.15. The van der Waals surface area contributed by atoms with Crippen molar-refractivity contribution in [2.24, 2.45) is 12.8 Å². The molecule has 0 saturated heterocycles. The molecule has 2 rings (SSSR count). The van der Waals surface area contributed by atoms with Crippen molar-refractivity contribution >= 4 is 0 Å². The highest BCUT2D eigenvalue weighted by Gasteiger charge is 2.36. The van der Waals surface area contributed by atoms with E-state index in [1.807, 2.05) is 13.2 Å². The zero-order valence-electron chi connectivity index (χ0n) is 12.3. The monoisotopic (exact) mass is 265 g/mol. The van der Waals surface area contributed by atoms with Gasteiger partial charge in [0, 0.05) is 31.9 Å². The summed E-state index contributed by atoms with van der Waals surface area (Å²) in [6.45, 7) is 4.95. The topological polar surface area (TPSA) is 60.0 Å². The zero-order valence-corrected chi connectivity index (χ0v) is 12.3. The van der Waals surface area contributed by atoms with Crippen LogP contribution in [0.2, 0.25) is 0 Å². The Balaban J connectivity index is 2.12. The molecule has 1 fully saturated rings. The van der Waals surface area contributed by atoms with E-state index in [4.69, 9.17) is 5.73 Å². The van der Waals surface area contributed by atoms with Crippen LogP contribution in [0.4, 0.5) is 0 Å². The van der Waals surface area contributed by atoms with E-state index in [1.165, 1.54) is 32.1 Å². The van der Waals surface area contributed by atoms with Gasteiger partial charge < -0.3 is 5.73 Å². The van der Waals surface area contributed by atoms with Gasteiger partial charge in [-0.2, -0.15) is 0 Å². The Hall–Kier alpha value is -0.940. The van der Waals surface area contributed by atoms with Crippen molar-refractivity contribution in [3.05, 3.63) is 11.9 Å². The molecule has 108 valence electrons. The van der Waals surface area contributed by atoms with Gasteiger partial charge in [-0.05, 0) is 25.8 Å². The lowest BCUT2D eigenvalue weighted by molar-refractivity contribution is 0.0484. The summed E-state index contributed by atoms with van der Waals surface area (Å²) in [5, 5.41) is 8.26. The number of hydrogen-bond acceptors (Lipinski definition) is 4. The lowest BCUT2D eigenvalue weighted by Crippen LogP contribution is -2.54. The zero-order chi connectivity index (χ0) is 13.7. The van der Waals surface area contributed by atoms with E-state index >= 15 is 0 Å². The van der Waals surface area contributed by atoms with E-state index in [1.54, 1.807) is 4.68 Å². The molecular weight excluding hydrogens is 238 g/mol. The van der Waals surface area contributed by atoms with Crippen LogP contribution in [0.3, 0.4) is 0 Å². The van der Waals surface area contributed by atoms with Crippen molar-refractivity contribution in [3.8, 4) is 0 Å². The third-order valence-corrected chi connectivity index (χ3v) is 4.33. The summed E-state index contributed by atoms with van der Waals surface area (Å²) in [6.07, 6.45) is 9.58. The predicted molar refractivity (Wildman–Crippen MR) is 76.6 cm³/mol. The van der Waals surface area contributed by atoms with Crippen LogP contribution < -0.4 is 5.73 Å². The fraction of sp³-hybridized carbons (Fsp3) is 0.857. The average molecular weight is 265 g/mol. The molecule has 1 aromatic heterocycles. The fourth-order valence-electron chi connectivity index (χ4n) is 3.28. The lowest BCUT2D eigenvalue weighted by atomic mass is 9.80. The molecule has 0 unspecified atom stereocenters. The van der Waals surface area contributed by atoms with E-state index in [0.29, 0.717) is 0 Å². The lowest BCUT2D eigenvalue weighted by Gasteiger charge is -2.45. The second-order valence-corrected chi connectivity index (χ2v) is 5.79. The number of aromatic nitrogens is 3. The summed E-state index contributed by atoms with van der Waals surface area (Å²) in [6, 6.07) is 0. The molecule has 1 aliphatic rings. The molecule has 1 aromatic rings. The summed E-state index contributed by atoms with van der Waals surface area (Å²) >= 11 is 0. The van der Waals surface area contributed by atoms with Crippen LogP contribution in [0, 0.1) is 0 Å². The smallest absolute Gasteiger partial charge is 0.0967 e. The van der Waals surface area contributed by atoms with Gasteiger partial charge in [0.15, 0.2) is 0 Å². The molecule has 0 radical (unpaired) electrons. The van der Waals surface area contributed by atoms with Crippen molar-refractivity contribution in [1.82, 2.24) is 19.9 Å².